The molecule has 4 nitrogen and oxygen atoms in total. The van der Waals surface area contributed by atoms with Gasteiger partial charge in [0.05, 0.1) is 6.04 Å². The maximum atomic E-state index is 13.3. The summed E-state index contributed by atoms with van der Waals surface area (Å²) in [5.41, 5.74) is 1.96. The molecular formula is C23H23FN2O2. The van der Waals surface area contributed by atoms with Crippen molar-refractivity contribution in [3.63, 3.8) is 0 Å². The van der Waals surface area contributed by atoms with Crippen molar-refractivity contribution in [3.05, 3.63) is 84.2 Å². The van der Waals surface area contributed by atoms with Crippen LogP contribution in [0.5, 0.6) is 0 Å². The minimum atomic E-state index is -0.528. The van der Waals surface area contributed by atoms with E-state index in [0.29, 0.717) is 13.0 Å². The van der Waals surface area contributed by atoms with Gasteiger partial charge in [0.25, 0.3) is 0 Å². The summed E-state index contributed by atoms with van der Waals surface area (Å²) >= 11 is 0. The molecule has 0 radical (unpaired) electrons. The topological polar surface area (TPSA) is 49.4 Å². The SMILES string of the molecule is C=CC[C@H]1C(=O)N[C@@H](c2ccccc2)CN1C(=O)[C@@H]1C[C@H]1c1ccc(F)cc1. The summed E-state index contributed by atoms with van der Waals surface area (Å²) in [7, 11) is 0. The van der Waals surface area contributed by atoms with E-state index < -0.39 is 6.04 Å². The minimum absolute atomic E-state index is 0.00282. The molecule has 0 bridgehead atoms. The van der Waals surface area contributed by atoms with Crippen molar-refractivity contribution in [2.75, 3.05) is 6.54 Å². The summed E-state index contributed by atoms with van der Waals surface area (Å²) in [6, 6.07) is 15.3. The Hall–Kier alpha value is -2.95. The number of nitrogens with one attached hydrogen (secondary N) is 1. The summed E-state index contributed by atoms with van der Waals surface area (Å²) in [5, 5.41) is 3.04. The van der Waals surface area contributed by atoms with E-state index in [1.54, 1.807) is 23.1 Å². The first-order valence-electron chi connectivity index (χ1n) is 9.60. The van der Waals surface area contributed by atoms with Gasteiger partial charge >= 0.3 is 0 Å². The molecule has 28 heavy (non-hydrogen) atoms. The molecule has 0 aromatic heterocycles. The summed E-state index contributed by atoms with van der Waals surface area (Å²) in [6.45, 7) is 4.18. The molecule has 1 aliphatic heterocycles. The molecule has 1 N–H and O–H groups in total. The van der Waals surface area contributed by atoms with E-state index in [1.165, 1.54) is 12.1 Å². The van der Waals surface area contributed by atoms with Crippen molar-refractivity contribution in [1.29, 1.82) is 0 Å². The van der Waals surface area contributed by atoms with Crippen molar-refractivity contribution in [1.82, 2.24) is 10.2 Å². The average molecular weight is 378 g/mol. The molecule has 2 aromatic carbocycles. The van der Waals surface area contributed by atoms with E-state index in [2.05, 4.69) is 11.9 Å². The number of carbonyl (C=O) groups excluding carboxylic acids is 2. The molecule has 2 aliphatic rings. The second-order valence-corrected chi connectivity index (χ2v) is 7.50. The van der Waals surface area contributed by atoms with Crippen molar-refractivity contribution in [2.24, 2.45) is 5.92 Å². The summed E-state index contributed by atoms with van der Waals surface area (Å²) in [4.78, 5) is 27.7. The highest BCUT2D eigenvalue weighted by molar-refractivity contribution is 5.91. The van der Waals surface area contributed by atoms with Crippen LogP contribution in [0.3, 0.4) is 0 Å². The number of rotatable bonds is 5. The van der Waals surface area contributed by atoms with Crippen molar-refractivity contribution in [2.45, 2.75) is 30.8 Å². The summed E-state index contributed by atoms with van der Waals surface area (Å²) in [6.07, 6.45) is 2.84. The Morgan fingerprint density at radius 3 is 2.54 bits per heavy atom. The molecule has 1 heterocycles. The lowest BCUT2D eigenvalue weighted by atomic mass is 9.98. The predicted octanol–water partition coefficient (Wildman–Crippen LogP) is 3.57. The van der Waals surface area contributed by atoms with Gasteiger partial charge in [-0.05, 0) is 42.0 Å². The second-order valence-electron chi connectivity index (χ2n) is 7.50. The van der Waals surface area contributed by atoms with Crippen molar-refractivity contribution >= 4 is 11.8 Å². The van der Waals surface area contributed by atoms with Gasteiger partial charge in [0.1, 0.15) is 11.9 Å². The lowest BCUT2D eigenvalue weighted by Gasteiger charge is -2.39. The van der Waals surface area contributed by atoms with Crippen LogP contribution >= 0.6 is 0 Å². The Morgan fingerprint density at radius 2 is 1.86 bits per heavy atom. The van der Waals surface area contributed by atoms with Gasteiger partial charge in [0.15, 0.2) is 0 Å². The monoisotopic (exact) mass is 378 g/mol. The van der Waals surface area contributed by atoms with Gasteiger partial charge in [-0.3, -0.25) is 9.59 Å². The third-order valence-electron chi connectivity index (χ3n) is 5.66. The maximum absolute atomic E-state index is 13.3. The maximum Gasteiger partial charge on any atom is 0.243 e. The van der Waals surface area contributed by atoms with E-state index in [9.17, 15) is 14.0 Å². The molecule has 144 valence electrons. The number of halogens is 1. The largest absolute Gasteiger partial charge is 0.346 e. The van der Waals surface area contributed by atoms with Crippen LogP contribution in [0.25, 0.3) is 0 Å². The number of carbonyl (C=O) groups is 2. The molecule has 1 saturated heterocycles. The predicted molar refractivity (Wildman–Crippen MR) is 105 cm³/mol. The van der Waals surface area contributed by atoms with Gasteiger partial charge < -0.3 is 10.2 Å². The molecular weight excluding hydrogens is 355 g/mol. The number of benzene rings is 2. The highest BCUT2D eigenvalue weighted by Gasteiger charge is 2.49. The first kappa shape index (κ1) is 18.4. The van der Waals surface area contributed by atoms with Gasteiger partial charge in [-0.2, -0.15) is 0 Å². The zero-order valence-electron chi connectivity index (χ0n) is 15.6. The Balaban J connectivity index is 1.54. The van der Waals surface area contributed by atoms with Gasteiger partial charge in [-0.15, -0.1) is 6.58 Å². The molecule has 2 aromatic rings. The van der Waals surface area contributed by atoms with Crippen LogP contribution in [0.15, 0.2) is 67.3 Å². The molecule has 2 fully saturated rings. The Morgan fingerprint density at radius 1 is 1.14 bits per heavy atom. The van der Waals surface area contributed by atoms with Gasteiger partial charge in [-0.25, -0.2) is 4.39 Å². The third-order valence-corrected chi connectivity index (χ3v) is 5.66. The minimum Gasteiger partial charge on any atom is -0.346 e. The van der Waals surface area contributed by atoms with Crippen LogP contribution < -0.4 is 5.32 Å². The van der Waals surface area contributed by atoms with Gasteiger partial charge in [0, 0.05) is 12.5 Å². The van der Waals surface area contributed by atoms with Crippen LogP contribution in [0.4, 0.5) is 4.39 Å². The average Bonchev–Trinajstić information content (AvgIpc) is 3.51. The van der Waals surface area contributed by atoms with E-state index in [4.69, 9.17) is 0 Å². The molecule has 0 spiro atoms. The molecule has 5 heteroatoms. The Kier molecular flexibility index (Phi) is 4.99. The van der Waals surface area contributed by atoms with Crippen molar-refractivity contribution < 1.29 is 14.0 Å². The molecule has 4 rings (SSSR count). The number of amides is 2. The van der Waals surface area contributed by atoms with Gasteiger partial charge in [0.2, 0.25) is 11.8 Å². The van der Waals surface area contributed by atoms with Crippen LogP contribution in [0.2, 0.25) is 0 Å². The zero-order chi connectivity index (χ0) is 19.7. The van der Waals surface area contributed by atoms with E-state index in [1.807, 2.05) is 30.3 Å². The molecule has 4 atom stereocenters. The van der Waals surface area contributed by atoms with Crippen LogP contribution in [-0.2, 0) is 9.59 Å². The van der Waals surface area contributed by atoms with Crippen LogP contribution in [-0.4, -0.2) is 29.3 Å². The third kappa shape index (κ3) is 3.57. The molecule has 0 unspecified atom stereocenters. The van der Waals surface area contributed by atoms with Gasteiger partial charge in [-0.1, -0.05) is 48.5 Å². The van der Waals surface area contributed by atoms with E-state index >= 15 is 0 Å². The fourth-order valence-electron chi connectivity index (χ4n) is 4.05. The van der Waals surface area contributed by atoms with Crippen molar-refractivity contribution in [3.8, 4) is 0 Å². The highest BCUT2D eigenvalue weighted by Crippen LogP contribution is 2.49. The number of piperazine rings is 1. The fraction of sp³-hybridized carbons (Fsp3) is 0.304. The molecule has 1 aliphatic carbocycles. The first-order valence-corrected chi connectivity index (χ1v) is 9.60. The Labute approximate surface area is 164 Å². The Bertz CT molecular complexity index is 881. The quantitative estimate of drug-likeness (QED) is 0.809. The first-order chi connectivity index (χ1) is 13.6. The normalized spacial score (nSPS) is 26.5. The van der Waals surface area contributed by atoms with E-state index in [-0.39, 0.29) is 35.5 Å². The zero-order valence-corrected chi connectivity index (χ0v) is 15.6. The second kappa shape index (κ2) is 7.58. The summed E-state index contributed by atoms with van der Waals surface area (Å²) in [5.74, 6) is -0.487. The highest BCUT2D eigenvalue weighted by atomic mass is 19.1. The fourth-order valence-corrected chi connectivity index (χ4v) is 4.05. The lowest BCUT2D eigenvalue weighted by Crippen LogP contribution is -2.58. The number of hydrogen-bond donors (Lipinski definition) is 1. The lowest BCUT2D eigenvalue weighted by molar-refractivity contribution is -0.145. The standard InChI is InChI=1S/C23H23FN2O2/c1-2-6-21-22(27)25-20(16-7-4-3-5-8-16)14-26(21)23(28)19-13-18(19)15-9-11-17(24)12-10-15/h2-5,7-12,18-21H,1,6,13-14H2,(H,25,27)/t18-,19+,20+,21-/m0/s1. The number of hydrogen-bond acceptors (Lipinski definition) is 2. The van der Waals surface area contributed by atoms with Crippen LogP contribution in [0, 0.1) is 11.7 Å². The molecule has 2 amide bonds. The summed E-state index contributed by atoms with van der Waals surface area (Å²) < 4.78 is 13.2. The molecule has 1 saturated carbocycles. The van der Waals surface area contributed by atoms with E-state index in [0.717, 1.165) is 17.5 Å². The van der Waals surface area contributed by atoms with Crippen LogP contribution in [0.1, 0.15) is 35.9 Å². The number of nitrogens with zero attached hydrogens (tertiary/aromatic N) is 1. The smallest absolute Gasteiger partial charge is 0.243 e.